The molecule has 5 heteroatoms. The van der Waals surface area contributed by atoms with Crippen molar-refractivity contribution in [2.45, 2.75) is 46.0 Å². The van der Waals surface area contributed by atoms with Gasteiger partial charge in [0.05, 0.1) is 5.71 Å². The zero-order chi connectivity index (χ0) is 15.0. The van der Waals surface area contributed by atoms with Crippen molar-refractivity contribution < 1.29 is 4.84 Å². The third-order valence-electron chi connectivity index (χ3n) is 3.13. The van der Waals surface area contributed by atoms with Crippen LogP contribution >= 0.6 is 0 Å². The van der Waals surface area contributed by atoms with Gasteiger partial charge in [-0.2, -0.15) is 5.26 Å². The number of nitrogens with one attached hydrogen (secondary N) is 1. The molecule has 0 aliphatic carbocycles. The molecule has 1 heterocycles. The molecule has 0 fully saturated rings. The molecule has 1 rings (SSSR count). The van der Waals surface area contributed by atoms with Crippen LogP contribution in [0.3, 0.4) is 0 Å². The molecular weight excluding hydrogens is 254 g/mol. The third-order valence-corrected chi connectivity index (χ3v) is 3.13. The van der Waals surface area contributed by atoms with Crippen LogP contribution in [0.4, 0.5) is 0 Å². The van der Waals surface area contributed by atoms with E-state index in [1.54, 1.807) is 6.07 Å². The first-order valence-corrected chi connectivity index (χ1v) is 6.94. The van der Waals surface area contributed by atoms with E-state index in [1.165, 1.54) is 7.11 Å². The first kappa shape index (κ1) is 16.0. The number of unbranched alkanes of at least 4 members (excludes halogenated alkanes) is 2. The lowest BCUT2D eigenvalue weighted by Gasteiger charge is -2.10. The summed E-state index contributed by atoms with van der Waals surface area (Å²) in [5, 5.41) is 13.1. The maximum Gasteiger partial charge on any atom is 0.266 e. The first-order chi connectivity index (χ1) is 9.67. The number of nitriles is 1. The minimum atomic E-state index is -0.349. The largest absolute Gasteiger partial charge is 0.399 e. The van der Waals surface area contributed by atoms with Crippen LogP contribution in [0.1, 0.15) is 56.4 Å². The third kappa shape index (κ3) is 3.95. The van der Waals surface area contributed by atoms with Gasteiger partial charge in [0.2, 0.25) is 0 Å². The maximum atomic E-state index is 11.7. The molecule has 0 atom stereocenters. The van der Waals surface area contributed by atoms with Gasteiger partial charge in [-0.1, -0.05) is 31.8 Å². The molecule has 0 unspecified atom stereocenters. The standard InChI is InChI=1S/C15H21N3O2/c1-4-6-7-8-14(18-20-3)12-9-11(10-16)15(19)17-13(12)5-2/h9H,4-8H2,1-3H3,(H,17,19)/b18-14-. The van der Waals surface area contributed by atoms with E-state index >= 15 is 0 Å². The second kappa shape index (κ2) is 8.16. The average Bonchev–Trinajstić information content (AvgIpc) is 2.46. The van der Waals surface area contributed by atoms with Gasteiger partial charge in [-0.15, -0.1) is 0 Å². The SMILES string of the molecule is CCCCC/C(=N/OC)c1cc(C#N)c(=O)[nH]c1CC. The Morgan fingerprint density at radius 1 is 1.45 bits per heavy atom. The molecule has 20 heavy (non-hydrogen) atoms. The van der Waals surface area contributed by atoms with Gasteiger partial charge in [0.15, 0.2) is 0 Å². The van der Waals surface area contributed by atoms with E-state index in [-0.39, 0.29) is 11.1 Å². The van der Waals surface area contributed by atoms with Gasteiger partial charge in [0.25, 0.3) is 5.56 Å². The molecular formula is C15H21N3O2. The maximum absolute atomic E-state index is 11.7. The van der Waals surface area contributed by atoms with E-state index in [0.29, 0.717) is 6.42 Å². The van der Waals surface area contributed by atoms with Crippen molar-refractivity contribution in [1.29, 1.82) is 5.26 Å². The van der Waals surface area contributed by atoms with Crippen LogP contribution in [-0.4, -0.2) is 17.8 Å². The van der Waals surface area contributed by atoms with Gasteiger partial charge in [-0.05, 0) is 25.3 Å². The molecule has 0 saturated carbocycles. The second-order valence-electron chi connectivity index (χ2n) is 4.55. The molecule has 108 valence electrons. The van der Waals surface area contributed by atoms with E-state index < -0.39 is 0 Å². The number of pyridine rings is 1. The Balaban J connectivity index is 3.21. The second-order valence-corrected chi connectivity index (χ2v) is 4.55. The smallest absolute Gasteiger partial charge is 0.266 e. The summed E-state index contributed by atoms with van der Waals surface area (Å²) < 4.78 is 0. The summed E-state index contributed by atoms with van der Waals surface area (Å²) >= 11 is 0. The van der Waals surface area contributed by atoms with Gasteiger partial charge >= 0.3 is 0 Å². The topological polar surface area (TPSA) is 78.2 Å². The van der Waals surface area contributed by atoms with E-state index in [9.17, 15) is 4.79 Å². The predicted octanol–water partition coefficient (Wildman–Crippen LogP) is 2.74. The Morgan fingerprint density at radius 3 is 2.75 bits per heavy atom. The Hall–Kier alpha value is -2.09. The lowest BCUT2D eigenvalue weighted by Crippen LogP contribution is -2.18. The average molecular weight is 275 g/mol. The molecule has 0 saturated heterocycles. The quantitative estimate of drug-likeness (QED) is 0.472. The van der Waals surface area contributed by atoms with Crippen LogP contribution in [0, 0.1) is 11.3 Å². The summed E-state index contributed by atoms with van der Waals surface area (Å²) in [7, 11) is 1.50. The minimum Gasteiger partial charge on any atom is -0.399 e. The van der Waals surface area contributed by atoms with Crippen molar-refractivity contribution in [2.24, 2.45) is 5.16 Å². The van der Waals surface area contributed by atoms with E-state index in [4.69, 9.17) is 10.1 Å². The molecule has 1 aromatic rings. The molecule has 5 nitrogen and oxygen atoms in total. The minimum absolute atomic E-state index is 0.108. The molecule has 0 bridgehead atoms. The normalized spacial score (nSPS) is 11.2. The molecule has 0 aliphatic rings. The zero-order valence-electron chi connectivity index (χ0n) is 12.3. The highest BCUT2D eigenvalue weighted by Gasteiger charge is 2.13. The molecule has 0 spiro atoms. The van der Waals surface area contributed by atoms with Gasteiger partial charge in [-0.3, -0.25) is 4.79 Å². The van der Waals surface area contributed by atoms with Gasteiger partial charge in [0.1, 0.15) is 18.7 Å². The number of hydrogen-bond acceptors (Lipinski definition) is 4. The van der Waals surface area contributed by atoms with Crippen LogP contribution in [0.25, 0.3) is 0 Å². The molecule has 0 aliphatic heterocycles. The van der Waals surface area contributed by atoms with Crippen LogP contribution in [0.15, 0.2) is 16.0 Å². The van der Waals surface area contributed by atoms with Gasteiger partial charge in [0, 0.05) is 11.3 Å². The highest BCUT2D eigenvalue weighted by atomic mass is 16.6. The summed E-state index contributed by atoms with van der Waals surface area (Å²) in [6, 6.07) is 3.52. The fourth-order valence-corrected chi connectivity index (χ4v) is 2.07. The number of aromatic nitrogens is 1. The molecule has 0 aromatic carbocycles. The predicted molar refractivity (Wildman–Crippen MR) is 78.8 cm³/mol. The van der Waals surface area contributed by atoms with E-state index in [0.717, 1.165) is 42.7 Å². The van der Waals surface area contributed by atoms with Crippen LogP contribution in [0.2, 0.25) is 0 Å². The lowest BCUT2D eigenvalue weighted by molar-refractivity contribution is 0.212. The van der Waals surface area contributed by atoms with Gasteiger partial charge in [-0.25, -0.2) is 0 Å². The van der Waals surface area contributed by atoms with Crippen molar-refractivity contribution in [3.8, 4) is 6.07 Å². The molecule has 1 N–H and O–H groups in total. The Kier molecular flexibility index (Phi) is 6.51. The fourth-order valence-electron chi connectivity index (χ4n) is 2.07. The summed E-state index contributed by atoms with van der Waals surface area (Å²) in [5.41, 5.74) is 2.14. The number of rotatable bonds is 7. The van der Waals surface area contributed by atoms with Crippen molar-refractivity contribution in [2.75, 3.05) is 7.11 Å². The van der Waals surface area contributed by atoms with Gasteiger partial charge < -0.3 is 9.82 Å². The highest BCUT2D eigenvalue weighted by Crippen LogP contribution is 2.14. The van der Waals surface area contributed by atoms with Crippen molar-refractivity contribution in [3.05, 3.63) is 33.2 Å². The Labute approximate surface area is 119 Å². The van der Waals surface area contributed by atoms with Crippen LogP contribution in [0.5, 0.6) is 0 Å². The number of H-pyrrole nitrogens is 1. The number of aryl methyl sites for hydroxylation is 1. The Morgan fingerprint density at radius 2 is 2.20 bits per heavy atom. The van der Waals surface area contributed by atoms with Crippen LogP contribution < -0.4 is 5.56 Å². The van der Waals surface area contributed by atoms with E-state index in [2.05, 4.69) is 17.1 Å². The van der Waals surface area contributed by atoms with E-state index in [1.807, 2.05) is 13.0 Å². The highest BCUT2D eigenvalue weighted by molar-refractivity contribution is 6.01. The summed E-state index contributed by atoms with van der Waals surface area (Å²) in [5.74, 6) is 0. The summed E-state index contributed by atoms with van der Waals surface area (Å²) in [6.45, 7) is 4.09. The van der Waals surface area contributed by atoms with Crippen molar-refractivity contribution in [1.82, 2.24) is 4.98 Å². The van der Waals surface area contributed by atoms with Crippen molar-refractivity contribution >= 4 is 5.71 Å². The number of oxime groups is 1. The number of hydrogen-bond donors (Lipinski definition) is 1. The number of aromatic amines is 1. The summed E-state index contributed by atoms with van der Waals surface area (Å²) in [4.78, 5) is 19.3. The molecule has 0 amide bonds. The molecule has 1 aromatic heterocycles. The van der Waals surface area contributed by atoms with Crippen molar-refractivity contribution in [3.63, 3.8) is 0 Å². The molecule has 0 radical (unpaired) electrons. The number of nitrogens with zero attached hydrogens (tertiary/aromatic N) is 2. The zero-order valence-corrected chi connectivity index (χ0v) is 12.3. The lowest BCUT2D eigenvalue weighted by atomic mass is 10.00. The Bertz CT molecular complexity index is 567. The summed E-state index contributed by atoms with van der Waals surface area (Å²) in [6.07, 6.45) is 4.68. The van der Waals surface area contributed by atoms with Crippen LogP contribution in [-0.2, 0) is 11.3 Å². The monoisotopic (exact) mass is 275 g/mol. The first-order valence-electron chi connectivity index (χ1n) is 6.94. The fraction of sp³-hybridized carbons (Fsp3) is 0.533.